The van der Waals surface area contributed by atoms with Crippen molar-refractivity contribution in [2.75, 3.05) is 0 Å². The molecule has 1 unspecified atom stereocenters. The molecule has 0 radical (unpaired) electrons. The lowest BCUT2D eigenvalue weighted by Gasteiger charge is -2.13. The summed E-state index contributed by atoms with van der Waals surface area (Å²) in [5.41, 5.74) is 5.14. The van der Waals surface area contributed by atoms with E-state index in [4.69, 9.17) is 0 Å². The number of aromatic nitrogens is 1. The first kappa shape index (κ1) is 15.8. The molecule has 0 aliphatic rings. The van der Waals surface area contributed by atoms with Crippen LogP contribution in [0.5, 0.6) is 0 Å². The predicted octanol–water partition coefficient (Wildman–Crippen LogP) is 4.68. The number of nitrogens with zero attached hydrogens (tertiary/aromatic N) is 1. The van der Waals surface area contributed by atoms with Gasteiger partial charge in [0, 0.05) is 11.3 Å². The van der Waals surface area contributed by atoms with Crippen LogP contribution in [-0.4, -0.2) is 16.0 Å². The Balaban J connectivity index is 2.21. The minimum absolute atomic E-state index is 0.140. The summed E-state index contributed by atoms with van der Waals surface area (Å²) in [7, 11) is 0. The van der Waals surface area contributed by atoms with Crippen molar-refractivity contribution in [1.82, 2.24) is 4.98 Å². The molecule has 0 saturated heterocycles. The third-order valence-corrected chi connectivity index (χ3v) is 4.42. The number of hydrogen-bond donors (Lipinski definition) is 0. The summed E-state index contributed by atoms with van der Waals surface area (Å²) in [6.45, 7) is 9.98. The standard InChI is InChI=1S/C18H21NOS/c1-11-6-7-13(3)16(9-11)18(20)15(5)21-17-10-12(2)8-14(4)19-17/h6-10,15H,1-5H3. The fourth-order valence-corrected chi connectivity index (χ4v) is 3.37. The summed E-state index contributed by atoms with van der Waals surface area (Å²) in [4.78, 5) is 17.1. The van der Waals surface area contributed by atoms with Gasteiger partial charge in [-0.2, -0.15) is 0 Å². The molecule has 0 aliphatic carbocycles. The van der Waals surface area contributed by atoms with E-state index in [0.29, 0.717) is 0 Å². The van der Waals surface area contributed by atoms with Gasteiger partial charge in [-0.05, 0) is 63.9 Å². The van der Waals surface area contributed by atoms with E-state index in [1.807, 2.05) is 58.0 Å². The largest absolute Gasteiger partial charge is 0.293 e. The number of pyridine rings is 1. The maximum absolute atomic E-state index is 12.6. The number of thioether (sulfide) groups is 1. The summed E-state index contributed by atoms with van der Waals surface area (Å²) in [6.07, 6.45) is 0. The minimum Gasteiger partial charge on any atom is -0.293 e. The van der Waals surface area contributed by atoms with E-state index in [0.717, 1.165) is 27.4 Å². The number of benzene rings is 1. The molecule has 1 heterocycles. The smallest absolute Gasteiger partial charge is 0.176 e. The van der Waals surface area contributed by atoms with Gasteiger partial charge < -0.3 is 0 Å². The lowest BCUT2D eigenvalue weighted by Crippen LogP contribution is -2.15. The SMILES string of the molecule is Cc1cc(C)nc(SC(C)C(=O)c2cc(C)ccc2C)c1. The van der Waals surface area contributed by atoms with Crippen LogP contribution in [0.2, 0.25) is 0 Å². The highest BCUT2D eigenvalue weighted by atomic mass is 32.2. The zero-order chi connectivity index (χ0) is 15.6. The Hall–Kier alpha value is -1.61. The van der Waals surface area contributed by atoms with Gasteiger partial charge in [0.15, 0.2) is 5.78 Å². The van der Waals surface area contributed by atoms with E-state index in [1.54, 1.807) is 0 Å². The van der Waals surface area contributed by atoms with Crippen LogP contribution >= 0.6 is 11.8 Å². The molecule has 2 rings (SSSR count). The molecule has 1 aromatic carbocycles. The first-order valence-corrected chi connectivity index (χ1v) is 7.98. The van der Waals surface area contributed by atoms with Gasteiger partial charge in [-0.15, -0.1) is 0 Å². The molecular formula is C18H21NOS. The molecule has 0 bridgehead atoms. The highest BCUT2D eigenvalue weighted by Gasteiger charge is 2.19. The molecule has 0 N–H and O–H groups in total. The summed E-state index contributed by atoms with van der Waals surface area (Å²) in [5.74, 6) is 0.169. The number of carbonyl (C=O) groups is 1. The van der Waals surface area contributed by atoms with Gasteiger partial charge in [0.1, 0.15) is 0 Å². The molecule has 0 spiro atoms. The van der Waals surface area contributed by atoms with E-state index in [9.17, 15) is 4.79 Å². The zero-order valence-electron chi connectivity index (χ0n) is 13.2. The van der Waals surface area contributed by atoms with Crippen molar-refractivity contribution in [1.29, 1.82) is 0 Å². The van der Waals surface area contributed by atoms with E-state index in [1.165, 1.54) is 17.3 Å². The van der Waals surface area contributed by atoms with Crippen molar-refractivity contribution in [3.8, 4) is 0 Å². The van der Waals surface area contributed by atoms with Crippen LogP contribution in [0.1, 0.15) is 39.7 Å². The molecule has 2 aromatic rings. The lowest BCUT2D eigenvalue weighted by atomic mass is 10.0. The summed E-state index contributed by atoms with van der Waals surface area (Å²) in [6, 6.07) is 10.1. The fraction of sp³-hybridized carbons (Fsp3) is 0.333. The average molecular weight is 299 g/mol. The number of rotatable bonds is 4. The summed E-state index contributed by atoms with van der Waals surface area (Å²) in [5, 5.41) is 0.776. The number of hydrogen-bond acceptors (Lipinski definition) is 3. The van der Waals surface area contributed by atoms with Crippen molar-refractivity contribution in [2.45, 2.75) is 44.9 Å². The molecule has 2 nitrogen and oxygen atoms in total. The van der Waals surface area contributed by atoms with Gasteiger partial charge in [-0.3, -0.25) is 4.79 Å². The zero-order valence-corrected chi connectivity index (χ0v) is 14.0. The van der Waals surface area contributed by atoms with E-state index >= 15 is 0 Å². The molecule has 1 atom stereocenters. The van der Waals surface area contributed by atoms with Gasteiger partial charge in [-0.1, -0.05) is 29.5 Å². The molecule has 0 saturated carbocycles. The van der Waals surface area contributed by atoms with Gasteiger partial charge in [0.25, 0.3) is 0 Å². The molecule has 21 heavy (non-hydrogen) atoms. The Kier molecular flexibility index (Phi) is 4.84. The van der Waals surface area contributed by atoms with Gasteiger partial charge in [0.2, 0.25) is 0 Å². The predicted molar refractivity (Wildman–Crippen MR) is 89.3 cm³/mol. The van der Waals surface area contributed by atoms with Crippen LogP contribution in [-0.2, 0) is 0 Å². The Labute approximate surface area is 131 Å². The van der Waals surface area contributed by atoms with Crippen molar-refractivity contribution in [2.24, 2.45) is 0 Å². The van der Waals surface area contributed by atoms with Crippen LogP contribution in [0, 0.1) is 27.7 Å². The fourth-order valence-electron chi connectivity index (χ4n) is 2.32. The van der Waals surface area contributed by atoms with Crippen molar-refractivity contribution >= 4 is 17.5 Å². The monoisotopic (exact) mass is 299 g/mol. The van der Waals surface area contributed by atoms with Crippen LogP contribution in [0.15, 0.2) is 35.4 Å². The van der Waals surface area contributed by atoms with E-state index < -0.39 is 0 Å². The maximum Gasteiger partial charge on any atom is 0.176 e. The van der Waals surface area contributed by atoms with E-state index in [-0.39, 0.29) is 11.0 Å². The number of carbonyl (C=O) groups excluding carboxylic acids is 1. The Morgan fingerprint density at radius 2 is 1.76 bits per heavy atom. The molecule has 3 heteroatoms. The topological polar surface area (TPSA) is 30.0 Å². The molecule has 0 fully saturated rings. The number of aryl methyl sites for hydroxylation is 4. The van der Waals surface area contributed by atoms with Crippen molar-refractivity contribution < 1.29 is 4.79 Å². The molecule has 110 valence electrons. The van der Waals surface area contributed by atoms with Crippen LogP contribution in [0.4, 0.5) is 0 Å². The third-order valence-electron chi connectivity index (χ3n) is 3.40. The van der Waals surface area contributed by atoms with Crippen LogP contribution in [0.3, 0.4) is 0 Å². The molecular weight excluding hydrogens is 278 g/mol. The Morgan fingerprint density at radius 1 is 1.05 bits per heavy atom. The normalized spacial score (nSPS) is 12.2. The number of ketones is 1. The molecule has 0 amide bonds. The Bertz CT molecular complexity index is 659. The maximum atomic E-state index is 12.6. The number of Topliss-reactive ketones (excluding diaryl/α,β-unsaturated/α-hetero) is 1. The van der Waals surface area contributed by atoms with Crippen LogP contribution < -0.4 is 0 Å². The lowest BCUT2D eigenvalue weighted by molar-refractivity contribution is 0.0993. The quantitative estimate of drug-likeness (QED) is 0.606. The van der Waals surface area contributed by atoms with Gasteiger partial charge in [0.05, 0.1) is 10.3 Å². The van der Waals surface area contributed by atoms with Crippen LogP contribution in [0.25, 0.3) is 0 Å². The average Bonchev–Trinajstić information content (AvgIpc) is 2.39. The molecule has 0 aliphatic heterocycles. The van der Waals surface area contributed by atoms with Gasteiger partial charge in [-0.25, -0.2) is 4.98 Å². The summed E-state index contributed by atoms with van der Waals surface area (Å²) >= 11 is 1.53. The highest BCUT2D eigenvalue weighted by molar-refractivity contribution is 8.00. The summed E-state index contributed by atoms with van der Waals surface area (Å²) < 4.78 is 0. The molecule has 1 aromatic heterocycles. The highest BCUT2D eigenvalue weighted by Crippen LogP contribution is 2.26. The Morgan fingerprint density at radius 3 is 2.43 bits per heavy atom. The first-order chi connectivity index (χ1) is 9.86. The second-order valence-corrected chi connectivity index (χ2v) is 6.93. The second kappa shape index (κ2) is 6.44. The first-order valence-electron chi connectivity index (χ1n) is 7.10. The van der Waals surface area contributed by atoms with Crippen molar-refractivity contribution in [3.63, 3.8) is 0 Å². The third kappa shape index (κ3) is 3.94. The van der Waals surface area contributed by atoms with E-state index in [2.05, 4.69) is 11.9 Å². The van der Waals surface area contributed by atoms with Crippen molar-refractivity contribution in [3.05, 3.63) is 58.3 Å². The van der Waals surface area contributed by atoms with Gasteiger partial charge >= 0.3 is 0 Å². The minimum atomic E-state index is -0.140. The second-order valence-electron chi connectivity index (χ2n) is 5.57.